The fourth-order valence-electron chi connectivity index (χ4n) is 2.80. The molecule has 0 aliphatic heterocycles. The molecule has 25 heavy (non-hydrogen) atoms. The molecule has 1 heterocycles. The third-order valence-electron chi connectivity index (χ3n) is 4.01. The van der Waals surface area contributed by atoms with E-state index in [-0.39, 0.29) is 22.6 Å². The highest BCUT2D eigenvalue weighted by molar-refractivity contribution is 7.79. The van der Waals surface area contributed by atoms with Crippen LogP contribution in [0.1, 0.15) is 36.1 Å². The van der Waals surface area contributed by atoms with Crippen LogP contribution in [0.15, 0.2) is 23.1 Å². The van der Waals surface area contributed by atoms with Crippen molar-refractivity contribution in [1.29, 1.82) is 0 Å². The van der Waals surface area contributed by atoms with Crippen LogP contribution in [-0.2, 0) is 4.74 Å². The Morgan fingerprint density at radius 1 is 1.44 bits per heavy atom. The van der Waals surface area contributed by atoms with Gasteiger partial charge in [-0.3, -0.25) is 4.79 Å². The second kappa shape index (κ2) is 8.56. The van der Waals surface area contributed by atoms with Crippen molar-refractivity contribution < 1.29 is 4.74 Å². The van der Waals surface area contributed by atoms with Gasteiger partial charge in [0, 0.05) is 24.2 Å². The maximum absolute atomic E-state index is 12.9. The molecule has 0 aliphatic carbocycles. The summed E-state index contributed by atoms with van der Waals surface area (Å²) in [4.78, 5) is 17.0. The number of nitrogens with zero attached hydrogens (tertiary/aromatic N) is 2. The first kappa shape index (κ1) is 19.6. The molecule has 0 bridgehead atoms. The Labute approximate surface area is 158 Å². The summed E-state index contributed by atoms with van der Waals surface area (Å²) < 4.78 is 6.78. The van der Waals surface area contributed by atoms with Gasteiger partial charge in [0.1, 0.15) is 5.15 Å². The van der Waals surface area contributed by atoms with Crippen molar-refractivity contribution in [3.63, 3.8) is 0 Å². The minimum atomic E-state index is -0.247. The molecule has 1 unspecified atom stereocenters. The number of anilines is 2. The number of benzene rings is 1. The summed E-state index contributed by atoms with van der Waals surface area (Å²) in [6.45, 7) is 6.37. The molecule has 134 valence electrons. The fourth-order valence-corrected chi connectivity index (χ4v) is 3.18. The molecule has 1 aromatic carbocycles. The lowest BCUT2D eigenvalue weighted by Gasteiger charge is -2.19. The molecule has 2 rings (SSSR count). The first-order valence-electron chi connectivity index (χ1n) is 8.02. The lowest BCUT2D eigenvalue weighted by atomic mass is 10.1. The maximum Gasteiger partial charge on any atom is 0.294 e. The van der Waals surface area contributed by atoms with Crippen LogP contribution in [0.3, 0.4) is 0 Å². The van der Waals surface area contributed by atoms with Crippen LogP contribution in [-0.4, -0.2) is 28.6 Å². The van der Waals surface area contributed by atoms with Gasteiger partial charge in [0.25, 0.3) is 5.56 Å². The van der Waals surface area contributed by atoms with E-state index < -0.39 is 0 Å². The molecule has 5 nitrogen and oxygen atoms in total. The molecule has 1 aromatic heterocycles. The smallest absolute Gasteiger partial charge is 0.294 e. The number of ether oxygens (including phenoxy) is 1. The standard InChI is InChI=1S/C18H22ClN3O2S/c1-5-14(9-24-4)22-8-15(19)20-17(18(22)23)21-16-12(3)6-11(2)7-13(16)10-25/h6-8,10,14H,5,9H2,1-4H3,(H,20,21). The minimum absolute atomic E-state index is 0.109. The third kappa shape index (κ3) is 4.45. The zero-order valence-corrected chi connectivity index (χ0v) is 16.4. The predicted octanol–water partition coefficient (Wildman–Crippen LogP) is 4.20. The highest BCUT2D eigenvalue weighted by Gasteiger charge is 2.16. The van der Waals surface area contributed by atoms with Gasteiger partial charge in [-0.25, -0.2) is 4.98 Å². The maximum atomic E-state index is 12.9. The van der Waals surface area contributed by atoms with Gasteiger partial charge in [0.15, 0.2) is 5.82 Å². The second-order valence-corrected chi connectivity index (χ2v) is 6.55. The van der Waals surface area contributed by atoms with Crippen molar-refractivity contribution in [2.45, 2.75) is 33.2 Å². The van der Waals surface area contributed by atoms with Crippen molar-refractivity contribution in [3.05, 3.63) is 50.5 Å². The molecule has 1 N–H and O–H groups in total. The van der Waals surface area contributed by atoms with Crippen LogP contribution in [0.2, 0.25) is 5.15 Å². The van der Waals surface area contributed by atoms with Gasteiger partial charge >= 0.3 is 0 Å². The number of halogens is 1. The first-order chi connectivity index (χ1) is 11.9. The van der Waals surface area contributed by atoms with Crippen LogP contribution >= 0.6 is 23.8 Å². The van der Waals surface area contributed by atoms with Crippen LogP contribution in [0.4, 0.5) is 11.5 Å². The van der Waals surface area contributed by atoms with Gasteiger partial charge < -0.3 is 14.6 Å². The van der Waals surface area contributed by atoms with Gasteiger partial charge in [-0.1, -0.05) is 42.4 Å². The summed E-state index contributed by atoms with van der Waals surface area (Å²) >= 11 is 11.3. The molecular weight excluding hydrogens is 358 g/mol. The van der Waals surface area contributed by atoms with Gasteiger partial charge in [0.2, 0.25) is 0 Å². The van der Waals surface area contributed by atoms with E-state index in [1.807, 2.05) is 32.9 Å². The van der Waals surface area contributed by atoms with Crippen molar-refractivity contribution in [1.82, 2.24) is 9.55 Å². The Bertz CT molecular complexity index is 836. The van der Waals surface area contributed by atoms with Crippen molar-refractivity contribution in [2.24, 2.45) is 0 Å². The molecule has 0 aliphatic rings. The fraction of sp³-hybridized carbons (Fsp3) is 0.389. The van der Waals surface area contributed by atoms with Crippen LogP contribution < -0.4 is 10.9 Å². The molecule has 0 amide bonds. The molecule has 0 radical (unpaired) electrons. The molecule has 0 fully saturated rings. The molecular formula is C18H22ClN3O2S. The molecule has 0 saturated carbocycles. The zero-order valence-electron chi connectivity index (χ0n) is 14.8. The average Bonchev–Trinajstić information content (AvgIpc) is 2.57. The summed E-state index contributed by atoms with van der Waals surface area (Å²) in [6, 6.07) is 3.88. The zero-order chi connectivity index (χ0) is 18.6. The van der Waals surface area contributed by atoms with E-state index in [1.54, 1.807) is 23.2 Å². The van der Waals surface area contributed by atoms with Gasteiger partial charge in [0.05, 0.1) is 18.3 Å². The molecule has 2 aromatic rings. The van der Waals surface area contributed by atoms with E-state index in [2.05, 4.69) is 10.3 Å². The largest absolute Gasteiger partial charge is 0.383 e. The summed E-state index contributed by atoms with van der Waals surface area (Å²) in [5.74, 6) is 0.173. The Balaban J connectivity index is 2.53. The van der Waals surface area contributed by atoms with E-state index >= 15 is 0 Å². The van der Waals surface area contributed by atoms with E-state index in [4.69, 9.17) is 28.6 Å². The Kier molecular flexibility index (Phi) is 6.70. The van der Waals surface area contributed by atoms with E-state index in [0.29, 0.717) is 6.61 Å². The van der Waals surface area contributed by atoms with Crippen LogP contribution in [0.25, 0.3) is 0 Å². The highest BCUT2D eigenvalue weighted by atomic mass is 35.5. The Morgan fingerprint density at radius 3 is 2.76 bits per heavy atom. The van der Waals surface area contributed by atoms with E-state index in [9.17, 15) is 4.79 Å². The second-order valence-electron chi connectivity index (χ2n) is 5.93. The van der Waals surface area contributed by atoms with Crippen molar-refractivity contribution >= 4 is 40.7 Å². The molecule has 1 atom stereocenters. The third-order valence-corrected chi connectivity index (χ3v) is 4.44. The Morgan fingerprint density at radius 2 is 2.16 bits per heavy atom. The number of nitrogens with one attached hydrogen (secondary N) is 1. The van der Waals surface area contributed by atoms with Gasteiger partial charge in [-0.2, -0.15) is 0 Å². The lowest BCUT2D eigenvalue weighted by molar-refractivity contribution is 0.151. The quantitative estimate of drug-likeness (QED) is 0.730. The molecule has 7 heteroatoms. The normalized spacial score (nSPS) is 12.0. The molecule has 0 spiro atoms. The van der Waals surface area contributed by atoms with Crippen molar-refractivity contribution in [2.75, 3.05) is 19.0 Å². The summed E-state index contributed by atoms with van der Waals surface area (Å²) in [7, 11) is 1.61. The Hall–Kier alpha value is -1.76. The van der Waals surface area contributed by atoms with Crippen LogP contribution in [0, 0.1) is 13.8 Å². The minimum Gasteiger partial charge on any atom is -0.383 e. The average molecular weight is 380 g/mol. The number of hydrogen-bond acceptors (Lipinski definition) is 5. The number of hydrogen-bond donors (Lipinski definition) is 1. The van der Waals surface area contributed by atoms with E-state index in [1.165, 1.54) is 0 Å². The van der Waals surface area contributed by atoms with Gasteiger partial charge in [-0.05, 0) is 31.9 Å². The van der Waals surface area contributed by atoms with Crippen LogP contribution in [0.5, 0.6) is 0 Å². The number of thiocarbonyl (C=S) groups is 1. The number of methoxy groups -OCH3 is 1. The van der Waals surface area contributed by atoms with Gasteiger partial charge in [-0.15, -0.1) is 0 Å². The predicted molar refractivity (Wildman–Crippen MR) is 107 cm³/mol. The number of aryl methyl sites for hydroxylation is 2. The highest BCUT2D eigenvalue weighted by Crippen LogP contribution is 2.24. The number of aromatic nitrogens is 2. The SMILES string of the molecule is CCC(COC)n1cc(Cl)nc(Nc2c(C)cc(C)cc2C=S)c1=O. The van der Waals surface area contributed by atoms with Crippen molar-refractivity contribution in [3.8, 4) is 0 Å². The summed E-state index contributed by atoms with van der Waals surface area (Å²) in [5.41, 5.74) is 3.43. The van der Waals surface area contributed by atoms with E-state index in [0.717, 1.165) is 28.8 Å². The topological polar surface area (TPSA) is 56.1 Å². The monoisotopic (exact) mass is 379 g/mol. The summed E-state index contributed by atoms with van der Waals surface area (Å²) in [5, 5.41) is 4.95. The summed E-state index contributed by atoms with van der Waals surface area (Å²) in [6.07, 6.45) is 2.28. The molecule has 0 saturated heterocycles. The number of rotatable bonds is 7. The lowest BCUT2D eigenvalue weighted by Crippen LogP contribution is -2.29. The first-order valence-corrected chi connectivity index (χ1v) is 8.87.